The van der Waals surface area contributed by atoms with Gasteiger partial charge in [-0.25, -0.2) is 14.5 Å². The Morgan fingerprint density at radius 2 is 1.37 bits per heavy atom. The van der Waals surface area contributed by atoms with E-state index in [4.69, 9.17) is 11.1 Å². The van der Waals surface area contributed by atoms with E-state index in [1.54, 1.807) is 35.1 Å². The maximum atomic E-state index is 12.4. The number of aromatic nitrogens is 2. The van der Waals surface area contributed by atoms with Crippen LogP contribution in [0.25, 0.3) is 0 Å². The Morgan fingerprint density at radius 3 is 1.67 bits per heavy atom. The summed E-state index contributed by atoms with van der Waals surface area (Å²) in [6, 6.07) is 0. The van der Waals surface area contributed by atoms with Gasteiger partial charge in [0.05, 0.1) is 17.8 Å². The molecule has 5 N–H and O–H groups in total. The molecule has 2 aliphatic heterocycles. The van der Waals surface area contributed by atoms with E-state index in [1.165, 1.54) is 9.48 Å². The molecule has 0 aromatic carbocycles. The summed E-state index contributed by atoms with van der Waals surface area (Å²) in [5, 5.41) is 26.0. The summed E-state index contributed by atoms with van der Waals surface area (Å²) in [4.78, 5) is 12.6. The van der Waals surface area contributed by atoms with Gasteiger partial charge in [0.1, 0.15) is 19.7 Å². The maximum absolute atomic E-state index is 12.4. The first-order valence-corrected chi connectivity index (χ1v) is 14.3. The lowest BCUT2D eigenvalue weighted by Crippen LogP contribution is -2.43. The monoisotopic (exact) mass is 693 g/mol. The Hall–Kier alpha value is -2.85. The third-order valence-electron chi connectivity index (χ3n) is 7.15. The van der Waals surface area contributed by atoms with Crippen LogP contribution in [0.2, 0.25) is 0 Å². The minimum Gasteiger partial charge on any atom is -0.393 e. The number of rotatable bonds is 5. The van der Waals surface area contributed by atoms with Crippen LogP contribution >= 0.6 is 12.4 Å². The molecule has 2 unspecified atom stereocenters. The van der Waals surface area contributed by atoms with Crippen molar-refractivity contribution >= 4 is 30.5 Å². The minimum atomic E-state index is -4.40. The third-order valence-corrected chi connectivity index (χ3v) is 7.15. The number of nitrogens with two attached hydrogens (primary N) is 1. The summed E-state index contributed by atoms with van der Waals surface area (Å²) < 4.78 is 75.4. The van der Waals surface area contributed by atoms with Crippen LogP contribution in [0, 0.1) is 17.2 Å². The van der Waals surface area contributed by atoms with E-state index in [0.717, 1.165) is 63.6 Å². The predicted octanol–water partition coefficient (Wildman–Crippen LogP) is 4.46. The molecule has 1 aromatic rings. The topological polar surface area (TPSA) is 129 Å². The lowest BCUT2D eigenvalue weighted by Gasteiger charge is -2.33. The number of halogens is 7. The lowest BCUT2D eigenvalue weighted by molar-refractivity contribution is -0.459. The molecular weight excluding hydrogens is 642 g/mol. The van der Waals surface area contributed by atoms with Crippen LogP contribution in [0.3, 0.4) is 0 Å². The number of nitrogens with zero attached hydrogens (tertiary/aromatic N) is 6. The van der Waals surface area contributed by atoms with Gasteiger partial charge in [-0.3, -0.25) is 5.41 Å². The molecule has 0 amide bonds. The van der Waals surface area contributed by atoms with Crippen molar-refractivity contribution in [1.29, 1.82) is 5.41 Å². The Balaban J connectivity index is 0. The van der Waals surface area contributed by atoms with Crippen LogP contribution in [0.4, 0.5) is 32.3 Å². The molecule has 0 aliphatic carbocycles. The molecule has 0 radical (unpaired) electrons. The normalized spacial score (nSPS) is 17.5. The lowest BCUT2D eigenvalue weighted by atomic mass is 9.92. The fourth-order valence-corrected chi connectivity index (χ4v) is 4.57. The van der Waals surface area contributed by atoms with Crippen LogP contribution in [0.15, 0.2) is 24.2 Å². The largest absolute Gasteiger partial charge is 0.423 e. The van der Waals surface area contributed by atoms with Crippen LogP contribution in [-0.2, 0) is 6.18 Å². The van der Waals surface area contributed by atoms with E-state index in [2.05, 4.69) is 9.97 Å². The number of nitrogens with one attached hydrogen (secondary N) is 1. The van der Waals surface area contributed by atoms with Crippen LogP contribution < -0.4 is 10.6 Å². The second kappa shape index (κ2) is 20.4. The van der Waals surface area contributed by atoms with Crippen LogP contribution in [0.5, 0.6) is 0 Å². The smallest absolute Gasteiger partial charge is 0.393 e. The predicted molar refractivity (Wildman–Crippen MR) is 172 cm³/mol. The number of piperidine rings is 2. The molecule has 3 heterocycles. The Kier molecular flexibility index (Phi) is 20.1. The van der Waals surface area contributed by atoms with Crippen molar-refractivity contribution in [2.75, 3.05) is 59.3 Å². The quantitative estimate of drug-likeness (QED) is 0.154. The average molecular weight is 694 g/mol. The highest BCUT2D eigenvalue weighted by Crippen LogP contribution is 2.29. The standard InChI is InChI=1S/C12H16F3N3O.C8H14F3N2.C8H17N3O.CH4.ClH/c1-8(19)9-2-4-18(5-3-9)11-16-6-10(7-17-11)12(13,14)15;1-12(2)5-7(6-13(3)4)8(9,10)11;1-6(12)7-2-4-11(5-3-7)8(9)10;;/h6-9,19H,2-5H2,1H3;5-6H,1-4H3;6-7,12H,2-5H2,1H3,(H3,9,10);1H4;1H/q;+1;;;. The van der Waals surface area contributed by atoms with Gasteiger partial charge >= 0.3 is 12.4 Å². The number of hydrogen-bond donors (Lipinski definition) is 4. The zero-order valence-electron chi connectivity index (χ0n) is 26.6. The zero-order valence-corrected chi connectivity index (χ0v) is 27.4. The van der Waals surface area contributed by atoms with Crippen molar-refractivity contribution in [1.82, 2.24) is 19.8 Å². The molecule has 3 rings (SSSR count). The minimum absolute atomic E-state index is 0. The molecule has 46 heavy (non-hydrogen) atoms. The van der Waals surface area contributed by atoms with Crippen molar-refractivity contribution in [3.8, 4) is 0 Å². The molecule has 2 fully saturated rings. The summed E-state index contributed by atoms with van der Waals surface area (Å²) in [7, 11) is 6.20. The molecule has 0 bridgehead atoms. The molecule has 268 valence electrons. The fourth-order valence-electron chi connectivity index (χ4n) is 4.57. The van der Waals surface area contributed by atoms with E-state index >= 15 is 0 Å². The summed E-state index contributed by atoms with van der Waals surface area (Å²) in [6.45, 7) is 6.51. The number of likely N-dealkylation sites (tertiary alicyclic amines) is 1. The molecule has 0 spiro atoms. The van der Waals surface area contributed by atoms with Gasteiger partial charge < -0.3 is 30.6 Å². The molecule has 0 saturated carbocycles. The van der Waals surface area contributed by atoms with Crippen molar-refractivity contribution in [2.24, 2.45) is 17.6 Å². The number of guanidine groups is 1. The number of aliphatic hydroxyl groups excluding tert-OH is 2. The number of aliphatic hydroxyl groups is 2. The van der Waals surface area contributed by atoms with Gasteiger partial charge in [0.2, 0.25) is 5.95 Å². The molecular formula is C29H52ClF6N8O2+. The summed E-state index contributed by atoms with van der Waals surface area (Å²) >= 11 is 0. The summed E-state index contributed by atoms with van der Waals surface area (Å²) in [5.41, 5.74) is 3.83. The van der Waals surface area contributed by atoms with Crippen LogP contribution in [-0.4, -0.2) is 119 Å². The number of anilines is 1. The van der Waals surface area contributed by atoms with Crippen molar-refractivity contribution < 1.29 is 41.1 Å². The zero-order chi connectivity index (χ0) is 33.8. The fraction of sp³-hybridized carbons (Fsp3) is 0.724. The van der Waals surface area contributed by atoms with E-state index in [1.807, 2.05) is 16.7 Å². The number of hydrogen-bond acceptors (Lipinski definition) is 7. The maximum Gasteiger partial charge on any atom is 0.423 e. The Bertz CT molecular complexity index is 1060. The van der Waals surface area contributed by atoms with Crippen molar-refractivity contribution in [2.45, 2.75) is 71.5 Å². The van der Waals surface area contributed by atoms with Gasteiger partial charge in [-0.05, 0) is 51.4 Å². The van der Waals surface area contributed by atoms with E-state index in [9.17, 15) is 36.6 Å². The van der Waals surface area contributed by atoms with Gasteiger partial charge in [-0.2, -0.15) is 26.3 Å². The van der Waals surface area contributed by atoms with E-state index < -0.39 is 23.5 Å². The van der Waals surface area contributed by atoms with Crippen molar-refractivity contribution in [3.63, 3.8) is 0 Å². The van der Waals surface area contributed by atoms with Gasteiger partial charge in [0.15, 0.2) is 12.2 Å². The highest BCUT2D eigenvalue weighted by atomic mass is 35.5. The highest BCUT2D eigenvalue weighted by Gasteiger charge is 2.35. The van der Waals surface area contributed by atoms with Crippen molar-refractivity contribution in [3.05, 3.63) is 29.7 Å². The molecule has 2 saturated heterocycles. The second-order valence-electron chi connectivity index (χ2n) is 11.4. The van der Waals surface area contributed by atoms with E-state index in [-0.39, 0.29) is 43.9 Å². The number of allylic oxidation sites excluding steroid dienone is 1. The molecule has 10 nitrogen and oxygen atoms in total. The third kappa shape index (κ3) is 16.6. The first kappa shape index (κ1) is 45.3. The Labute approximate surface area is 274 Å². The molecule has 17 heteroatoms. The van der Waals surface area contributed by atoms with E-state index in [0.29, 0.717) is 25.0 Å². The first-order chi connectivity index (χ1) is 20.2. The second-order valence-corrected chi connectivity index (χ2v) is 11.4. The SMILES string of the molecule is C.CC(O)C1CCN(C(=N)N)CC1.CC(O)C1CCN(c2ncc(C(F)(F)F)cn2)CC1.CN(C)/C=C(/C=[N+](C)C)C(F)(F)F.Cl. The summed E-state index contributed by atoms with van der Waals surface area (Å²) in [5.74, 6) is 1.10. The van der Waals surface area contributed by atoms with Gasteiger partial charge in [0, 0.05) is 58.9 Å². The molecule has 2 atom stereocenters. The molecule has 1 aromatic heterocycles. The average Bonchev–Trinajstić information content (AvgIpc) is 2.92. The van der Waals surface area contributed by atoms with Crippen LogP contribution in [0.1, 0.15) is 52.5 Å². The highest BCUT2D eigenvalue weighted by molar-refractivity contribution is 5.85. The summed E-state index contributed by atoms with van der Waals surface area (Å²) in [6.07, 6.45) is -2.10. The van der Waals surface area contributed by atoms with Gasteiger partial charge in [-0.1, -0.05) is 7.43 Å². The van der Waals surface area contributed by atoms with Gasteiger partial charge in [0.25, 0.3) is 0 Å². The first-order valence-electron chi connectivity index (χ1n) is 14.3. The Morgan fingerprint density at radius 1 is 0.957 bits per heavy atom. The molecule has 2 aliphatic rings. The van der Waals surface area contributed by atoms with Gasteiger partial charge in [-0.15, -0.1) is 12.4 Å². The number of alkyl halides is 6.